The van der Waals surface area contributed by atoms with Crippen LogP contribution in [0.1, 0.15) is 20.7 Å². The van der Waals surface area contributed by atoms with Gasteiger partial charge in [0.1, 0.15) is 5.75 Å². The Bertz CT molecular complexity index is 1080. The molecule has 1 aliphatic rings. The summed E-state index contributed by atoms with van der Waals surface area (Å²) in [5.41, 5.74) is 2.78. The van der Waals surface area contributed by atoms with Crippen LogP contribution in [-0.4, -0.2) is 54.4 Å². The molecule has 7 heteroatoms. The second-order valence-electron chi connectivity index (χ2n) is 7.40. The average Bonchev–Trinajstić information content (AvgIpc) is 2.84. The molecule has 0 bridgehead atoms. The summed E-state index contributed by atoms with van der Waals surface area (Å²) in [6.45, 7) is -1.65. The topological polar surface area (TPSA) is 49.9 Å². The van der Waals surface area contributed by atoms with Crippen LogP contribution >= 0.6 is 0 Å². The summed E-state index contributed by atoms with van der Waals surface area (Å²) in [5, 5.41) is 0. The third-order valence-electron chi connectivity index (χ3n) is 5.43. The van der Waals surface area contributed by atoms with Crippen LogP contribution in [0.5, 0.6) is 5.75 Å². The SMILES string of the molecule is O=C(c1ccc(-c2ccccc2)cc1)N1CCN(C(=O)c2ccccc2OC(F)F)CC1. The quantitative estimate of drug-likeness (QED) is 0.590. The van der Waals surface area contributed by atoms with Gasteiger partial charge in [-0.15, -0.1) is 0 Å². The third-order valence-corrected chi connectivity index (χ3v) is 5.43. The lowest BCUT2D eigenvalue weighted by Gasteiger charge is -2.35. The summed E-state index contributed by atoms with van der Waals surface area (Å²) in [4.78, 5) is 29.0. The molecule has 0 saturated carbocycles. The molecular formula is C25H22F2N2O3. The largest absolute Gasteiger partial charge is 0.434 e. The molecule has 1 aliphatic heterocycles. The highest BCUT2D eigenvalue weighted by Crippen LogP contribution is 2.23. The van der Waals surface area contributed by atoms with E-state index in [1.54, 1.807) is 28.0 Å². The van der Waals surface area contributed by atoms with Crippen molar-refractivity contribution in [1.29, 1.82) is 0 Å². The molecule has 0 aliphatic carbocycles. The zero-order valence-corrected chi connectivity index (χ0v) is 17.3. The average molecular weight is 436 g/mol. The van der Waals surface area contributed by atoms with Crippen molar-refractivity contribution in [3.63, 3.8) is 0 Å². The van der Waals surface area contributed by atoms with Gasteiger partial charge < -0.3 is 14.5 Å². The Kier molecular flexibility index (Phi) is 6.44. The van der Waals surface area contributed by atoms with Crippen molar-refractivity contribution in [2.24, 2.45) is 0 Å². The van der Waals surface area contributed by atoms with Gasteiger partial charge in [0.05, 0.1) is 5.56 Å². The fraction of sp³-hybridized carbons (Fsp3) is 0.200. The maximum Gasteiger partial charge on any atom is 0.387 e. The molecule has 0 atom stereocenters. The first-order valence-corrected chi connectivity index (χ1v) is 10.3. The summed E-state index contributed by atoms with van der Waals surface area (Å²) in [7, 11) is 0. The van der Waals surface area contributed by atoms with Crippen LogP contribution in [-0.2, 0) is 0 Å². The Balaban J connectivity index is 1.38. The number of benzene rings is 3. The van der Waals surface area contributed by atoms with Crippen molar-refractivity contribution >= 4 is 11.8 Å². The van der Waals surface area contributed by atoms with Gasteiger partial charge in [0, 0.05) is 31.7 Å². The van der Waals surface area contributed by atoms with Gasteiger partial charge in [-0.25, -0.2) is 0 Å². The first-order valence-electron chi connectivity index (χ1n) is 10.3. The molecule has 164 valence electrons. The van der Waals surface area contributed by atoms with E-state index in [-0.39, 0.29) is 23.1 Å². The van der Waals surface area contributed by atoms with Crippen LogP contribution in [0.25, 0.3) is 11.1 Å². The van der Waals surface area contributed by atoms with E-state index in [2.05, 4.69) is 4.74 Å². The van der Waals surface area contributed by atoms with E-state index >= 15 is 0 Å². The molecule has 0 aromatic heterocycles. The van der Waals surface area contributed by atoms with Gasteiger partial charge in [0.2, 0.25) is 0 Å². The third kappa shape index (κ3) is 4.77. The van der Waals surface area contributed by atoms with E-state index < -0.39 is 6.61 Å². The highest BCUT2D eigenvalue weighted by Gasteiger charge is 2.27. The number of para-hydroxylation sites is 1. The normalized spacial score (nSPS) is 13.8. The molecule has 32 heavy (non-hydrogen) atoms. The van der Waals surface area contributed by atoms with Crippen LogP contribution in [0, 0.1) is 0 Å². The maximum absolute atomic E-state index is 12.9. The van der Waals surface area contributed by atoms with Gasteiger partial charge in [-0.3, -0.25) is 9.59 Å². The lowest BCUT2D eigenvalue weighted by atomic mass is 10.0. The molecule has 0 N–H and O–H groups in total. The number of carbonyl (C=O) groups excluding carboxylic acids is 2. The fourth-order valence-electron chi connectivity index (χ4n) is 3.74. The predicted molar refractivity (Wildman–Crippen MR) is 117 cm³/mol. The number of piperazine rings is 1. The van der Waals surface area contributed by atoms with Crippen molar-refractivity contribution in [2.75, 3.05) is 26.2 Å². The minimum Gasteiger partial charge on any atom is -0.434 e. The van der Waals surface area contributed by atoms with Crippen LogP contribution in [0.4, 0.5) is 8.78 Å². The molecule has 5 nitrogen and oxygen atoms in total. The summed E-state index contributed by atoms with van der Waals surface area (Å²) in [6.07, 6.45) is 0. The molecule has 3 aromatic rings. The number of hydrogen-bond acceptors (Lipinski definition) is 3. The van der Waals surface area contributed by atoms with E-state index in [0.717, 1.165) is 11.1 Å². The maximum atomic E-state index is 12.9. The molecule has 2 amide bonds. The number of carbonyl (C=O) groups is 2. The van der Waals surface area contributed by atoms with Crippen LogP contribution < -0.4 is 4.74 Å². The van der Waals surface area contributed by atoms with Crippen molar-refractivity contribution in [3.05, 3.63) is 90.0 Å². The Morgan fingerprint density at radius 2 is 1.22 bits per heavy atom. The first-order chi connectivity index (χ1) is 15.5. The number of ether oxygens (including phenoxy) is 1. The molecule has 3 aromatic carbocycles. The monoisotopic (exact) mass is 436 g/mol. The molecule has 1 heterocycles. The minimum atomic E-state index is -3.01. The van der Waals surface area contributed by atoms with Gasteiger partial charge in [-0.2, -0.15) is 8.78 Å². The fourth-order valence-corrected chi connectivity index (χ4v) is 3.74. The Morgan fingerprint density at radius 1 is 0.688 bits per heavy atom. The molecule has 0 unspecified atom stereocenters. The first kappa shape index (κ1) is 21.5. The summed E-state index contributed by atoms with van der Waals surface area (Å²) in [6, 6.07) is 23.3. The van der Waals surface area contributed by atoms with Crippen molar-refractivity contribution in [3.8, 4) is 16.9 Å². The summed E-state index contributed by atoms with van der Waals surface area (Å²) in [5.74, 6) is -0.636. The molecule has 1 fully saturated rings. The van der Waals surface area contributed by atoms with Gasteiger partial charge in [-0.1, -0.05) is 54.6 Å². The Labute approximate surface area is 184 Å². The number of rotatable bonds is 5. The van der Waals surface area contributed by atoms with Gasteiger partial charge in [-0.05, 0) is 35.4 Å². The lowest BCUT2D eigenvalue weighted by Crippen LogP contribution is -2.50. The van der Waals surface area contributed by atoms with E-state index in [1.165, 1.54) is 18.2 Å². The van der Waals surface area contributed by atoms with Gasteiger partial charge >= 0.3 is 6.61 Å². The number of alkyl halides is 2. The highest BCUT2D eigenvalue weighted by atomic mass is 19.3. The summed E-state index contributed by atoms with van der Waals surface area (Å²) < 4.78 is 29.7. The second kappa shape index (κ2) is 9.60. The zero-order valence-electron chi connectivity index (χ0n) is 17.3. The number of hydrogen-bond donors (Lipinski definition) is 0. The van der Waals surface area contributed by atoms with Crippen LogP contribution in [0.3, 0.4) is 0 Å². The van der Waals surface area contributed by atoms with Crippen molar-refractivity contribution in [1.82, 2.24) is 9.80 Å². The highest BCUT2D eigenvalue weighted by molar-refractivity contribution is 5.98. The Morgan fingerprint density at radius 3 is 1.84 bits per heavy atom. The van der Waals surface area contributed by atoms with Gasteiger partial charge in [0.15, 0.2) is 0 Å². The predicted octanol–water partition coefficient (Wildman–Crippen LogP) is 4.55. The van der Waals surface area contributed by atoms with E-state index in [0.29, 0.717) is 31.7 Å². The second-order valence-corrected chi connectivity index (χ2v) is 7.40. The van der Waals surface area contributed by atoms with E-state index in [1.807, 2.05) is 42.5 Å². The molecule has 0 radical (unpaired) electrons. The van der Waals surface area contributed by atoms with Crippen molar-refractivity contribution < 1.29 is 23.1 Å². The smallest absolute Gasteiger partial charge is 0.387 e. The molecular weight excluding hydrogens is 414 g/mol. The summed E-state index contributed by atoms with van der Waals surface area (Å²) >= 11 is 0. The van der Waals surface area contributed by atoms with E-state index in [9.17, 15) is 18.4 Å². The van der Waals surface area contributed by atoms with Crippen molar-refractivity contribution in [2.45, 2.75) is 6.61 Å². The molecule has 0 spiro atoms. The standard InChI is InChI=1S/C25H22F2N2O3/c26-25(27)32-22-9-5-4-8-21(22)24(31)29-16-14-28(15-17-29)23(30)20-12-10-19(11-13-20)18-6-2-1-3-7-18/h1-13,25H,14-17H2. The van der Waals surface area contributed by atoms with Crippen LogP contribution in [0.2, 0.25) is 0 Å². The number of amides is 2. The molecule has 4 rings (SSSR count). The number of halogens is 2. The lowest BCUT2D eigenvalue weighted by molar-refractivity contribution is -0.0503. The minimum absolute atomic E-state index is 0.0871. The van der Waals surface area contributed by atoms with Gasteiger partial charge in [0.25, 0.3) is 11.8 Å². The van der Waals surface area contributed by atoms with E-state index in [4.69, 9.17) is 0 Å². The Hall–Kier alpha value is -3.74. The van der Waals surface area contributed by atoms with Crippen LogP contribution in [0.15, 0.2) is 78.9 Å². The zero-order chi connectivity index (χ0) is 22.5. The molecule has 1 saturated heterocycles. The number of nitrogens with zero attached hydrogens (tertiary/aromatic N) is 2.